The first kappa shape index (κ1) is 16.6. The first-order valence-electron chi connectivity index (χ1n) is 6.58. The molecule has 0 unspecified atom stereocenters. The molecule has 0 saturated heterocycles. The van der Waals surface area contributed by atoms with Crippen molar-refractivity contribution in [3.63, 3.8) is 0 Å². The summed E-state index contributed by atoms with van der Waals surface area (Å²) in [5, 5.41) is 3.55. The van der Waals surface area contributed by atoms with Gasteiger partial charge in [0.2, 0.25) is 0 Å². The third-order valence-corrected chi connectivity index (χ3v) is 3.55. The molecule has 0 radical (unpaired) electrons. The number of ether oxygens (including phenoxy) is 1. The van der Waals surface area contributed by atoms with Gasteiger partial charge in [0.15, 0.2) is 6.61 Å². The summed E-state index contributed by atoms with van der Waals surface area (Å²) in [7, 11) is 0. The van der Waals surface area contributed by atoms with Crippen LogP contribution in [0.15, 0.2) is 42.5 Å². The molecular weight excluding hydrogens is 328 g/mol. The molecule has 0 spiro atoms. The number of hydrogen-bond acceptors (Lipinski definition) is 2. The van der Waals surface area contributed by atoms with Crippen LogP contribution in [0.4, 0.5) is 4.39 Å². The molecule has 0 fully saturated rings. The molecular formula is C16H14Cl2FNO2. The van der Waals surface area contributed by atoms with Crippen molar-refractivity contribution in [3.05, 3.63) is 63.9 Å². The van der Waals surface area contributed by atoms with Crippen LogP contribution in [0.1, 0.15) is 18.5 Å². The van der Waals surface area contributed by atoms with Crippen molar-refractivity contribution >= 4 is 29.1 Å². The Bertz CT molecular complexity index is 662. The zero-order chi connectivity index (χ0) is 16.1. The average Bonchev–Trinajstić information content (AvgIpc) is 2.47. The monoisotopic (exact) mass is 341 g/mol. The van der Waals surface area contributed by atoms with Crippen molar-refractivity contribution in [2.45, 2.75) is 13.0 Å². The van der Waals surface area contributed by atoms with Crippen molar-refractivity contribution in [3.8, 4) is 5.75 Å². The zero-order valence-electron chi connectivity index (χ0n) is 11.8. The Hall–Kier alpha value is -1.78. The normalized spacial score (nSPS) is 11.8. The van der Waals surface area contributed by atoms with E-state index in [0.717, 1.165) is 11.6 Å². The van der Waals surface area contributed by atoms with Gasteiger partial charge in [-0.05, 0) is 42.8 Å². The molecule has 6 heteroatoms. The minimum Gasteiger partial charge on any atom is -0.482 e. The second-order valence-electron chi connectivity index (χ2n) is 4.70. The summed E-state index contributed by atoms with van der Waals surface area (Å²) in [6.07, 6.45) is 0. The molecule has 0 aromatic heterocycles. The highest BCUT2D eigenvalue weighted by Gasteiger charge is 2.11. The van der Waals surface area contributed by atoms with Crippen molar-refractivity contribution in [2.24, 2.45) is 0 Å². The highest BCUT2D eigenvalue weighted by molar-refractivity contribution is 6.32. The summed E-state index contributed by atoms with van der Waals surface area (Å²) in [4.78, 5) is 11.9. The van der Waals surface area contributed by atoms with Gasteiger partial charge in [-0.25, -0.2) is 4.39 Å². The molecule has 2 aromatic rings. The first-order valence-corrected chi connectivity index (χ1v) is 7.34. The first-order chi connectivity index (χ1) is 10.5. The molecule has 2 rings (SSSR count). The molecule has 0 saturated carbocycles. The van der Waals surface area contributed by atoms with Crippen molar-refractivity contribution in [1.82, 2.24) is 5.32 Å². The van der Waals surface area contributed by atoms with Crippen LogP contribution in [0.3, 0.4) is 0 Å². The molecule has 0 bridgehead atoms. The van der Waals surface area contributed by atoms with Crippen LogP contribution in [0.5, 0.6) is 5.75 Å². The quantitative estimate of drug-likeness (QED) is 0.875. The van der Waals surface area contributed by atoms with Crippen LogP contribution in [-0.4, -0.2) is 12.5 Å². The SMILES string of the molecule is C[C@@H](NC(=O)COc1ccc(F)cc1Cl)c1ccc(Cl)cc1. The molecule has 0 aliphatic carbocycles. The number of nitrogens with one attached hydrogen (secondary N) is 1. The number of carbonyl (C=O) groups excluding carboxylic acids is 1. The molecule has 2 aromatic carbocycles. The van der Waals surface area contributed by atoms with E-state index in [-0.39, 0.29) is 29.3 Å². The van der Waals surface area contributed by atoms with Gasteiger partial charge in [0.1, 0.15) is 11.6 Å². The smallest absolute Gasteiger partial charge is 0.258 e. The highest BCUT2D eigenvalue weighted by atomic mass is 35.5. The number of halogens is 3. The number of benzene rings is 2. The lowest BCUT2D eigenvalue weighted by atomic mass is 10.1. The third-order valence-electron chi connectivity index (χ3n) is 3.00. The topological polar surface area (TPSA) is 38.3 Å². The molecule has 22 heavy (non-hydrogen) atoms. The van der Waals surface area contributed by atoms with Gasteiger partial charge in [0.05, 0.1) is 11.1 Å². The second kappa shape index (κ2) is 7.47. The number of carbonyl (C=O) groups is 1. The van der Waals surface area contributed by atoms with Crippen LogP contribution in [0.25, 0.3) is 0 Å². The van der Waals surface area contributed by atoms with Crippen LogP contribution >= 0.6 is 23.2 Å². The van der Waals surface area contributed by atoms with Crippen molar-refractivity contribution in [2.75, 3.05) is 6.61 Å². The van der Waals surface area contributed by atoms with Crippen molar-refractivity contribution < 1.29 is 13.9 Å². The molecule has 3 nitrogen and oxygen atoms in total. The van der Waals surface area contributed by atoms with E-state index in [2.05, 4.69) is 5.32 Å². The van der Waals surface area contributed by atoms with E-state index >= 15 is 0 Å². The molecule has 0 aliphatic heterocycles. The maximum atomic E-state index is 12.9. The molecule has 116 valence electrons. The van der Waals surface area contributed by atoms with E-state index in [9.17, 15) is 9.18 Å². The Labute approximate surface area is 138 Å². The van der Waals surface area contributed by atoms with E-state index in [1.54, 1.807) is 12.1 Å². The predicted molar refractivity (Wildman–Crippen MR) is 84.9 cm³/mol. The summed E-state index contributed by atoms with van der Waals surface area (Å²) in [5.74, 6) is -0.502. The second-order valence-corrected chi connectivity index (χ2v) is 5.55. The number of hydrogen-bond donors (Lipinski definition) is 1. The van der Waals surface area contributed by atoms with Gasteiger partial charge in [0, 0.05) is 5.02 Å². The van der Waals surface area contributed by atoms with Gasteiger partial charge >= 0.3 is 0 Å². The Morgan fingerprint density at radius 2 is 1.91 bits per heavy atom. The van der Waals surface area contributed by atoms with Crippen LogP contribution in [0.2, 0.25) is 10.0 Å². The van der Waals surface area contributed by atoms with Gasteiger partial charge < -0.3 is 10.1 Å². The maximum absolute atomic E-state index is 12.9. The fourth-order valence-corrected chi connectivity index (χ4v) is 2.20. The highest BCUT2D eigenvalue weighted by Crippen LogP contribution is 2.24. The minimum atomic E-state index is -0.460. The third kappa shape index (κ3) is 4.61. The van der Waals surface area contributed by atoms with Gasteiger partial charge in [-0.1, -0.05) is 35.3 Å². The largest absolute Gasteiger partial charge is 0.482 e. The standard InChI is InChI=1S/C16H14Cl2FNO2/c1-10(11-2-4-12(17)5-3-11)20-16(21)9-22-15-7-6-13(19)8-14(15)18/h2-8,10H,9H2,1H3,(H,20,21)/t10-/m1/s1. The van der Waals surface area contributed by atoms with Crippen molar-refractivity contribution in [1.29, 1.82) is 0 Å². The summed E-state index contributed by atoms with van der Waals surface area (Å²) in [6.45, 7) is 1.65. The van der Waals surface area contributed by atoms with Gasteiger partial charge in [-0.3, -0.25) is 4.79 Å². The Balaban J connectivity index is 1.88. The summed E-state index contributed by atoms with van der Waals surface area (Å²) in [5.41, 5.74) is 0.928. The van der Waals surface area contributed by atoms with Crippen LogP contribution < -0.4 is 10.1 Å². The lowest BCUT2D eigenvalue weighted by Crippen LogP contribution is -2.31. The Morgan fingerprint density at radius 1 is 1.23 bits per heavy atom. The van der Waals surface area contributed by atoms with Crippen LogP contribution in [0, 0.1) is 5.82 Å². The van der Waals surface area contributed by atoms with E-state index in [1.807, 2.05) is 19.1 Å². The van der Waals surface area contributed by atoms with Crippen LogP contribution in [-0.2, 0) is 4.79 Å². The van der Waals surface area contributed by atoms with E-state index in [1.165, 1.54) is 12.1 Å². The summed E-state index contributed by atoms with van der Waals surface area (Å²) < 4.78 is 18.2. The van der Waals surface area contributed by atoms with E-state index in [4.69, 9.17) is 27.9 Å². The lowest BCUT2D eigenvalue weighted by molar-refractivity contribution is -0.123. The van der Waals surface area contributed by atoms with Gasteiger partial charge in [-0.15, -0.1) is 0 Å². The minimum absolute atomic E-state index is 0.124. The summed E-state index contributed by atoms with van der Waals surface area (Å²) >= 11 is 11.6. The average molecular weight is 342 g/mol. The molecule has 1 N–H and O–H groups in total. The van der Waals surface area contributed by atoms with Gasteiger partial charge in [-0.2, -0.15) is 0 Å². The number of rotatable bonds is 5. The molecule has 0 heterocycles. The number of amides is 1. The van der Waals surface area contributed by atoms with Gasteiger partial charge in [0.25, 0.3) is 5.91 Å². The molecule has 1 atom stereocenters. The fourth-order valence-electron chi connectivity index (χ4n) is 1.85. The summed E-state index contributed by atoms with van der Waals surface area (Å²) in [6, 6.07) is 10.7. The zero-order valence-corrected chi connectivity index (χ0v) is 13.3. The Morgan fingerprint density at radius 3 is 2.55 bits per heavy atom. The predicted octanol–water partition coefficient (Wildman–Crippen LogP) is 4.39. The van der Waals surface area contributed by atoms with E-state index < -0.39 is 5.82 Å². The lowest BCUT2D eigenvalue weighted by Gasteiger charge is -2.15. The molecule has 1 amide bonds. The maximum Gasteiger partial charge on any atom is 0.258 e. The fraction of sp³-hybridized carbons (Fsp3) is 0.188. The van der Waals surface area contributed by atoms with E-state index in [0.29, 0.717) is 5.02 Å². The Kier molecular flexibility index (Phi) is 5.63. The molecule has 0 aliphatic rings.